The second-order valence-electron chi connectivity index (χ2n) is 6.47. The molecule has 0 saturated heterocycles. The number of rotatable bonds is 8. The van der Waals surface area contributed by atoms with Crippen molar-refractivity contribution in [2.45, 2.75) is 78.3 Å². The predicted octanol–water partition coefficient (Wildman–Crippen LogP) is 3.18. The smallest absolute Gasteiger partial charge is 0.138 e. The van der Waals surface area contributed by atoms with Gasteiger partial charge in [-0.2, -0.15) is 5.10 Å². The van der Waals surface area contributed by atoms with E-state index in [-0.39, 0.29) is 0 Å². The van der Waals surface area contributed by atoms with Gasteiger partial charge in [0, 0.05) is 19.0 Å². The van der Waals surface area contributed by atoms with Crippen LogP contribution >= 0.6 is 0 Å². The van der Waals surface area contributed by atoms with E-state index in [4.69, 9.17) is 0 Å². The van der Waals surface area contributed by atoms with E-state index in [1.54, 1.807) is 6.33 Å². The van der Waals surface area contributed by atoms with Gasteiger partial charge in [-0.25, -0.2) is 4.98 Å². The first-order valence-corrected chi connectivity index (χ1v) is 8.29. The van der Waals surface area contributed by atoms with E-state index < -0.39 is 0 Å². The molecule has 0 radical (unpaired) electrons. The van der Waals surface area contributed by atoms with Gasteiger partial charge in [0.2, 0.25) is 0 Å². The van der Waals surface area contributed by atoms with E-state index in [9.17, 15) is 0 Å². The summed E-state index contributed by atoms with van der Waals surface area (Å²) in [5, 5.41) is 8.14. The normalized spacial score (nSPS) is 19.4. The summed E-state index contributed by atoms with van der Waals surface area (Å²) in [6.45, 7) is 8.96. The molecular weight excluding hydrogens is 248 g/mol. The van der Waals surface area contributed by atoms with Gasteiger partial charge in [-0.3, -0.25) is 4.68 Å². The molecular formula is C16H30N4. The highest BCUT2D eigenvalue weighted by Gasteiger charge is 2.37. The molecule has 1 heterocycles. The molecule has 1 aromatic rings. The van der Waals surface area contributed by atoms with E-state index in [0.717, 1.165) is 31.8 Å². The van der Waals surface area contributed by atoms with Crippen molar-refractivity contribution in [3.63, 3.8) is 0 Å². The standard InChI is InChI=1S/C16H30N4/c1-4-10-17-14(16(3)8-6-7-9-16)12-15-18-13-19-20(15)11-5-2/h13-14,17H,4-12H2,1-3H3. The van der Waals surface area contributed by atoms with Crippen molar-refractivity contribution < 1.29 is 0 Å². The lowest BCUT2D eigenvalue weighted by Gasteiger charge is -2.35. The first-order chi connectivity index (χ1) is 9.69. The Hall–Kier alpha value is -0.900. The molecule has 1 aromatic heterocycles. The quantitative estimate of drug-likeness (QED) is 0.794. The SMILES string of the molecule is CCCNC(Cc1ncnn1CCC)C1(C)CCCC1. The first kappa shape index (κ1) is 15.5. The molecule has 4 heteroatoms. The molecule has 1 aliphatic rings. The molecule has 1 fully saturated rings. The van der Waals surface area contributed by atoms with Gasteiger partial charge in [0.1, 0.15) is 12.2 Å². The maximum atomic E-state index is 4.50. The van der Waals surface area contributed by atoms with E-state index in [2.05, 4.69) is 40.9 Å². The fraction of sp³-hybridized carbons (Fsp3) is 0.875. The molecule has 0 amide bonds. The Kier molecular flexibility index (Phi) is 5.58. The molecule has 114 valence electrons. The summed E-state index contributed by atoms with van der Waals surface area (Å²) in [5.41, 5.74) is 0.429. The lowest BCUT2D eigenvalue weighted by molar-refractivity contribution is 0.215. The maximum Gasteiger partial charge on any atom is 0.138 e. The van der Waals surface area contributed by atoms with Crippen LogP contribution < -0.4 is 5.32 Å². The molecule has 0 bridgehead atoms. The van der Waals surface area contributed by atoms with E-state index in [1.165, 1.54) is 32.1 Å². The molecule has 1 saturated carbocycles. The minimum atomic E-state index is 0.429. The van der Waals surface area contributed by atoms with Crippen molar-refractivity contribution in [1.29, 1.82) is 0 Å². The summed E-state index contributed by atoms with van der Waals surface area (Å²) in [5.74, 6) is 1.15. The number of nitrogens with zero attached hydrogens (tertiary/aromatic N) is 3. The van der Waals surface area contributed by atoms with Crippen molar-refractivity contribution in [3.8, 4) is 0 Å². The number of aromatic nitrogens is 3. The van der Waals surface area contributed by atoms with Crippen LogP contribution in [0.4, 0.5) is 0 Å². The van der Waals surface area contributed by atoms with Crippen LogP contribution in [0.15, 0.2) is 6.33 Å². The first-order valence-electron chi connectivity index (χ1n) is 8.29. The van der Waals surface area contributed by atoms with Crippen LogP contribution in [0.25, 0.3) is 0 Å². The summed E-state index contributed by atoms with van der Waals surface area (Å²) in [6, 6.07) is 0.532. The molecule has 1 atom stereocenters. The Bertz CT molecular complexity index is 393. The third kappa shape index (κ3) is 3.60. The minimum Gasteiger partial charge on any atom is -0.313 e. The zero-order valence-electron chi connectivity index (χ0n) is 13.4. The van der Waals surface area contributed by atoms with Crippen molar-refractivity contribution in [3.05, 3.63) is 12.2 Å². The lowest BCUT2D eigenvalue weighted by Crippen LogP contribution is -2.44. The second-order valence-corrected chi connectivity index (χ2v) is 6.47. The van der Waals surface area contributed by atoms with Gasteiger partial charge in [-0.05, 0) is 37.6 Å². The minimum absolute atomic E-state index is 0.429. The van der Waals surface area contributed by atoms with Gasteiger partial charge in [0.15, 0.2) is 0 Å². The fourth-order valence-electron chi connectivity index (χ4n) is 3.44. The summed E-state index contributed by atoms with van der Waals surface area (Å²) >= 11 is 0. The molecule has 1 unspecified atom stereocenters. The summed E-state index contributed by atoms with van der Waals surface area (Å²) < 4.78 is 2.08. The Morgan fingerprint density at radius 2 is 2.05 bits per heavy atom. The molecule has 0 aromatic carbocycles. The zero-order valence-corrected chi connectivity index (χ0v) is 13.4. The monoisotopic (exact) mass is 278 g/mol. The number of hydrogen-bond acceptors (Lipinski definition) is 3. The van der Waals surface area contributed by atoms with Crippen LogP contribution in [0.3, 0.4) is 0 Å². The van der Waals surface area contributed by atoms with E-state index in [1.807, 2.05) is 0 Å². The molecule has 20 heavy (non-hydrogen) atoms. The van der Waals surface area contributed by atoms with Crippen LogP contribution in [0.2, 0.25) is 0 Å². The third-order valence-electron chi connectivity index (χ3n) is 4.75. The van der Waals surface area contributed by atoms with Crippen LogP contribution in [0.5, 0.6) is 0 Å². The summed E-state index contributed by atoms with van der Waals surface area (Å²) in [6.07, 6.45) is 10.5. The Morgan fingerprint density at radius 1 is 1.30 bits per heavy atom. The average Bonchev–Trinajstić information content (AvgIpc) is 3.05. The third-order valence-corrected chi connectivity index (χ3v) is 4.75. The maximum absolute atomic E-state index is 4.50. The van der Waals surface area contributed by atoms with Gasteiger partial charge in [-0.1, -0.05) is 33.6 Å². The van der Waals surface area contributed by atoms with Crippen LogP contribution in [-0.4, -0.2) is 27.4 Å². The van der Waals surface area contributed by atoms with Gasteiger partial charge in [-0.15, -0.1) is 0 Å². The second kappa shape index (κ2) is 7.21. The fourth-order valence-corrected chi connectivity index (χ4v) is 3.44. The van der Waals surface area contributed by atoms with Crippen LogP contribution in [-0.2, 0) is 13.0 Å². The lowest BCUT2D eigenvalue weighted by atomic mass is 9.79. The Labute approximate surface area is 123 Å². The zero-order chi connectivity index (χ0) is 14.4. The van der Waals surface area contributed by atoms with E-state index in [0.29, 0.717) is 11.5 Å². The molecule has 2 rings (SSSR count). The molecule has 4 nitrogen and oxygen atoms in total. The average molecular weight is 278 g/mol. The largest absolute Gasteiger partial charge is 0.313 e. The van der Waals surface area contributed by atoms with E-state index >= 15 is 0 Å². The van der Waals surface area contributed by atoms with Crippen molar-refractivity contribution in [1.82, 2.24) is 20.1 Å². The number of hydrogen-bond donors (Lipinski definition) is 1. The summed E-state index contributed by atoms with van der Waals surface area (Å²) in [4.78, 5) is 4.50. The Morgan fingerprint density at radius 3 is 2.70 bits per heavy atom. The highest BCUT2D eigenvalue weighted by molar-refractivity contribution is 4.98. The highest BCUT2D eigenvalue weighted by atomic mass is 15.3. The van der Waals surface area contributed by atoms with Gasteiger partial charge in [0.25, 0.3) is 0 Å². The van der Waals surface area contributed by atoms with Crippen molar-refractivity contribution >= 4 is 0 Å². The summed E-state index contributed by atoms with van der Waals surface area (Å²) in [7, 11) is 0. The molecule has 1 N–H and O–H groups in total. The van der Waals surface area contributed by atoms with Crippen molar-refractivity contribution in [2.24, 2.45) is 5.41 Å². The molecule has 1 aliphatic carbocycles. The van der Waals surface area contributed by atoms with Crippen molar-refractivity contribution in [2.75, 3.05) is 6.54 Å². The molecule has 0 spiro atoms. The predicted molar refractivity (Wildman–Crippen MR) is 82.7 cm³/mol. The Balaban J connectivity index is 2.08. The molecule has 0 aliphatic heterocycles. The van der Waals surface area contributed by atoms with Gasteiger partial charge >= 0.3 is 0 Å². The van der Waals surface area contributed by atoms with Gasteiger partial charge < -0.3 is 5.32 Å². The number of nitrogens with one attached hydrogen (secondary N) is 1. The highest BCUT2D eigenvalue weighted by Crippen LogP contribution is 2.41. The topological polar surface area (TPSA) is 42.7 Å². The van der Waals surface area contributed by atoms with Crippen LogP contribution in [0.1, 0.15) is 65.1 Å². The van der Waals surface area contributed by atoms with Gasteiger partial charge in [0.05, 0.1) is 0 Å². The number of aryl methyl sites for hydroxylation is 1. The van der Waals surface area contributed by atoms with Crippen LogP contribution in [0, 0.1) is 5.41 Å².